The molecule has 3 aromatic rings. The van der Waals surface area contributed by atoms with Gasteiger partial charge in [-0.15, -0.1) is 0 Å². The van der Waals surface area contributed by atoms with Crippen molar-refractivity contribution >= 4 is 45.9 Å². The first-order chi connectivity index (χ1) is 17.6. The van der Waals surface area contributed by atoms with Gasteiger partial charge >= 0.3 is 0 Å². The Bertz CT molecular complexity index is 1200. The van der Waals surface area contributed by atoms with E-state index in [1.54, 1.807) is 26.5 Å². The monoisotopic (exact) mass is 533 g/mol. The average molecular weight is 534 g/mol. The molecular formula is C25H29Cl2N5O4. The summed E-state index contributed by atoms with van der Waals surface area (Å²) in [6.45, 7) is 3.67. The lowest BCUT2D eigenvalue weighted by Crippen LogP contribution is -2.23. The fraction of sp³-hybridized carbons (Fsp3) is 0.480. The molecule has 0 bridgehead atoms. The lowest BCUT2D eigenvalue weighted by molar-refractivity contribution is 0.0699. The summed E-state index contributed by atoms with van der Waals surface area (Å²) in [5.74, 6) is 2.55. The molecule has 4 heterocycles. The van der Waals surface area contributed by atoms with Crippen LogP contribution in [0.2, 0.25) is 10.0 Å². The Kier molecular flexibility index (Phi) is 7.81. The van der Waals surface area contributed by atoms with Crippen molar-refractivity contribution in [2.24, 2.45) is 5.92 Å². The van der Waals surface area contributed by atoms with E-state index in [9.17, 15) is 0 Å². The molecule has 0 saturated carbocycles. The van der Waals surface area contributed by atoms with E-state index >= 15 is 0 Å². The summed E-state index contributed by atoms with van der Waals surface area (Å²) in [4.78, 5) is 14.3. The summed E-state index contributed by atoms with van der Waals surface area (Å²) < 4.78 is 21.9. The second kappa shape index (κ2) is 11.2. The zero-order chi connectivity index (χ0) is 25.1. The third-order valence-electron chi connectivity index (χ3n) is 6.56. The van der Waals surface area contributed by atoms with Crippen LogP contribution in [-0.2, 0) is 9.47 Å². The van der Waals surface area contributed by atoms with Crippen molar-refractivity contribution in [1.82, 2.24) is 15.0 Å². The van der Waals surface area contributed by atoms with Crippen molar-refractivity contribution in [3.8, 4) is 22.8 Å². The minimum atomic E-state index is 0.190. The molecule has 192 valence electrons. The van der Waals surface area contributed by atoms with Crippen LogP contribution in [0.4, 0.5) is 11.8 Å². The Labute approximate surface area is 219 Å². The summed E-state index contributed by atoms with van der Waals surface area (Å²) in [6, 6.07) is 3.73. The van der Waals surface area contributed by atoms with Crippen LogP contribution in [0.3, 0.4) is 0 Å². The number of anilines is 2. The Morgan fingerprint density at radius 1 is 0.972 bits per heavy atom. The number of hydrogen-bond acceptors (Lipinski definition) is 9. The number of halogens is 2. The maximum Gasteiger partial charge on any atom is 0.223 e. The average Bonchev–Trinajstić information content (AvgIpc) is 3.41. The molecule has 0 spiro atoms. The highest BCUT2D eigenvalue weighted by Gasteiger charge is 2.23. The fourth-order valence-electron chi connectivity index (χ4n) is 4.49. The van der Waals surface area contributed by atoms with Crippen molar-refractivity contribution in [1.29, 1.82) is 0 Å². The highest BCUT2D eigenvalue weighted by Crippen LogP contribution is 2.46. The third-order valence-corrected chi connectivity index (χ3v) is 7.31. The minimum absolute atomic E-state index is 0.190. The second-order valence-electron chi connectivity index (χ2n) is 8.91. The van der Waals surface area contributed by atoms with Crippen molar-refractivity contribution in [3.05, 3.63) is 28.4 Å². The summed E-state index contributed by atoms with van der Waals surface area (Å²) >= 11 is 13.4. The number of rotatable bonds is 8. The van der Waals surface area contributed by atoms with Gasteiger partial charge in [-0.1, -0.05) is 23.2 Å². The summed E-state index contributed by atoms with van der Waals surface area (Å²) in [6.07, 6.45) is 4.70. The Morgan fingerprint density at radius 2 is 1.69 bits per heavy atom. The van der Waals surface area contributed by atoms with Gasteiger partial charge in [0.1, 0.15) is 17.0 Å². The molecule has 9 nitrogen and oxygen atoms in total. The van der Waals surface area contributed by atoms with E-state index in [1.165, 1.54) is 0 Å². The number of hydrogen-bond donors (Lipinski definition) is 2. The molecule has 1 unspecified atom stereocenters. The standard InChI is InChI=1S/C25H29Cl2N5O4/c1-33-18-10-19(34-2)22(27)20(21(18)26)17-9-15-12-29-25(30-16-5-8-36-13-16)32-23(15)24(31-17)28-11-14-3-6-35-7-4-14/h9-10,12,14,16H,3-8,11,13H2,1-2H3,(H,28,31)(H,29,30,32). The van der Waals surface area contributed by atoms with Crippen LogP contribution in [0, 0.1) is 5.92 Å². The molecule has 0 radical (unpaired) electrons. The first-order valence-corrected chi connectivity index (χ1v) is 12.8. The van der Waals surface area contributed by atoms with Crippen LogP contribution in [-0.4, -0.2) is 68.2 Å². The smallest absolute Gasteiger partial charge is 0.223 e. The number of methoxy groups -OCH3 is 2. The van der Waals surface area contributed by atoms with Gasteiger partial charge < -0.3 is 29.6 Å². The van der Waals surface area contributed by atoms with Crippen LogP contribution < -0.4 is 20.1 Å². The molecule has 1 aromatic carbocycles. The molecule has 5 rings (SSSR count). The van der Waals surface area contributed by atoms with E-state index in [0.29, 0.717) is 62.6 Å². The van der Waals surface area contributed by atoms with E-state index in [4.69, 9.17) is 52.1 Å². The van der Waals surface area contributed by atoms with E-state index < -0.39 is 0 Å². The highest BCUT2D eigenvalue weighted by atomic mass is 35.5. The molecule has 2 aliphatic rings. The van der Waals surface area contributed by atoms with E-state index in [0.717, 1.165) is 51.0 Å². The predicted molar refractivity (Wildman–Crippen MR) is 141 cm³/mol. The maximum absolute atomic E-state index is 6.71. The fourth-order valence-corrected chi connectivity index (χ4v) is 5.19. The number of pyridine rings is 1. The van der Waals surface area contributed by atoms with E-state index in [1.807, 2.05) is 6.07 Å². The molecule has 1 atom stereocenters. The Morgan fingerprint density at radius 3 is 2.36 bits per heavy atom. The van der Waals surface area contributed by atoms with Crippen LogP contribution >= 0.6 is 23.2 Å². The molecule has 2 fully saturated rings. The number of ether oxygens (including phenoxy) is 4. The Hall–Kier alpha value is -2.59. The van der Waals surface area contributed by atoms with Crippen LogP contribution in [0.25, 0.3) is 22.2 Å². The summed E-state index contributed by atoms with van der Waals surface area (Å²) in [7, 11) is 3.09. The normalized spacial score (nSPS) is 18.4. The molecule has 2 N–H and O–H groups in total. The molecule has 2 saturated heterocycles. The third kappa shape index (κ3) is 5.25. The minimum Gasteiger partial charge on any atom is -0.495 e. The zero-order valence-corrected chi connectivity index (χ0v) is 21.8. The predicted octanol–water partition coefficient (Wildman–Crippen LogP) is 5.06. The molecule has 11 heteroatoms. The number of fused-ring (bicyclic) bond motifs is 1. The van der Waals surface area contributed by atoms with Gasteiger partial charge in [0, 0.05) is 49.6 Å². The maximum atomic E-state index is 6.71. The highest BCUT2D eigenvalue weighted by molar-refractivity contribution is 6.41. The molecule has 36 heavy (non-hydrogen) atoms. The number of aromatic nitrogens is 3. The van der Waals surface area contributed by atoms with E-state index in [2.05, 4.69) is 15.6 Å². The molecule has 0 amide bonds. The van der Waals surface area contributed by atoms with Gasteiger partial charge in [-0.25, -0.2) is 15.0 Å². The number of benzene rings is 1. The molecule has 2 aliphatic heterocycles. The van der Waals surface area contributed by atoms with Gasteiger partial charge in [-0.05, 0) is 31.2 Å². The topological polar surface area (TPSA) is 99.7 Å². The number of nitrogens with zero attached hydrogens (tertiary/aromatic N) is 3. The van der Waals surface area contributed by atoms with Crippen molar-refractivity contribution in [2.45, 2.75) is 25.3 Å². The molecular weight excluding hydrogens is 505 g/mol. The lowest BCUT2D eigenvalue weighted by Gasteiger charge is -2.23. The van der Waals surface area contributed by atoms with Crippen molar-refractivity contribution in [3.63, 3.8) is 0 Å². The van der Waals surface area contributed by atoms with Gasteiger partial charge in [0.25, 0.3) is 0 Å². The summed E-state index contributed by atoms with van der Waals surface area (Å²) in [5.41, 5.74) is 1.80. The van der Waals surface area contributed by atoms with Crippen molar-refractivity contribution in [2.75, 3.05) is 57.8 Å². The van der Waals surface area contributed by atoms with Gasteiger partial charge in [-0.3, -0.25) is 0 Å². The van der Waals surface area contributed by atoms with Crippen LogP contribution in [0.1, 0.15) is 19.3 Å². The zero-order valence-electron chi connectivity index (χ0n) is 20.3. The summed E-state index contributed by atoms with van der Waals surface area (Å²) in [5, 5.41) is 8.40. The van der Waals surface area contributed by atoms with Crippen LogP contribution in [0.15, 0.2) is 18.3 Å². The largest absolute Gasteiger partial charge is 0.495 e. The van der Waals surface area contributed by atoms with Crippen molar-refractivity contribution < 1.29 is 18.9 Å². The SMILES string of the molecule is COc1cc(OC)c(Cl)c(-c2cc3cnc(NC4CCOC4)nc3c(NCC3CCOCC3)n2)c1Cl. The van der Waals surface area contributed by atoms with Gasteiger partial charge in [0.05, 0.1) is 42.6 Å². The van der Waals surface area contributed by atoms with Gasteiger partial charge in [-0.2, -0.15) is 0 Å². The molecule has 2 aromatic heterocycles. The first kappa shape index (κ1) is 25.1. The number of nitrogens with one attached hydrogen (secondary N) is 2. The molecule has 0 aliphatic carbocycles. The quantitative estimate of drug-likeness (QED) is 0.411. The van der Waals surface area contributed by atoms with Gasteiger partial charge in [0.2, 0.25) is 5.95 Å². The van der Waals surface area contributed by atoms with E-state index in [-0.39, 0.29) is 6.04 Å². The Balaban J connectivity index is 1.58. The van der Waals surface area contributed by atoms with Gasteiger partial charge in [0.15, 0.2) is 5.82 Å². The van der Waals surface area contributed by atoms with Crippen LogP contribution in [0.5, 0.6) is 11.5 Å². The second-order valence-corrected chi connectivity index (χ2v) is 9.67. The first-order valence-electron chi connectivity index (χ1n) is 12.0. The lowest BCUT2D eigenvalue weighted by atomic mass is 10.0.